The van der Waals surface area contributed by atoms with Crippen molar-refractivity contribution in [2.75, 3.05) is 19.9 Å². The third-order valence-electron chi connectivity index (χ3n) is 2.62. The Morgan fingerprint density at radius 1 is 1.50 bits per heavy atom. The molecule has 0 spiro atoms. The molecule has 2 rings (SSSR count). The van der Waals surface area contributed by atoms with Crippen LogP contribution in [0.3, 0.4) is 0 Å². The monoisotopic (exact) mass is 223 g/mol. The van der Waals surface area contributed by atoms with Crippen molar-refractivity contribution in [3.63, 3.8) is 0 Å². The summed E-state index contributed by atoms with van der Waals surface area (Å²) >= 11 is 0. The molecule has 1 aromatic rings. The van der Waals surface area contributed by atoms with Crippen LogP contribution in [0.1, 0.15) is 12.0 Å². The molecule has 1 fully saturated rings. The molecule has 0 aromatic heterocycles. The molecule has 0 bridgehead atoms. The second-order valence-electron chi connectivity index (χ2n) is 3.82. The first kappa shape index (κ1) is 11.1. The number of aryl methyl sites for hydroxylation is 1. The van der Waals surface area contributed by atoms with Crippen LogP contribution >= 0.6 is 0 Å². The van der Waals surface area contributed by atoms with Gasteiger partial charge in [-0.3, -0.25) is 4.79 Å². The predicted molar refractivity (Wildman–Crippen MR) is 57.3 cm³/mol. The molecule has 0 saturated carbocycles. The molecule has 0 unspecified atom stereocenters. The van der Waals surface area contributed by atoms with Crippen molar-refractivity contribution >= 4 is 5.91 Å². The third kappa shape index (κ3) is 2.79. The molecule has 1 aliphatic heterocycles. The van der Waals surface area contributed by atoms with Crippen LogP contribution in [0.25, 0.3) is 0 Å². The Balaban J connectivity index is 1.84. The molecule has 86 valence electrons. The van der Waals surface area contributed by atoms with E-state index in [0.29, 0.717) is 32.7 Å². The quantitative estimate of drug-likeness (QED) is 0.778. The second kappa shape index (κ2) is 5.07. The van der Waals surface area contributed by atoms with E-state index in [1.807, 2.05) is 6.07 Å². The first-order valence-electron chi connectivity index (χ1n) is 5.35. The first-order valence-corrected chi connectivity index (χ1v) is 5.35. The second-order valence-corrected chi connectivity index (χ2v) is 3.82. The van der Waals surface area contributed by atoms with Gasteiger partial charge in [-0.25, -0.2) is 4.39 Å². The van der Waals surface area contributed by atoms with Crippen molar-refractivity contribution in [1.29, 1.82) is 0 Å². The van der Waals surface area contributed by atoms with Crippen molar-refractivity contribution in [2.24, 2.45) is 0 Å². The van der Waals surface area contributed by atoms with E-state index in [1.54, 1.807) is 11.0 Å². The van der Waals surface area contributed by atoms with Crippen LogP contribution in [0.5, 0.6) is 0 Å². The Bertz CT molecular complexity index is 375. The molecular formula is C12H14FNO2. The summed E-state index contributed by atoms with van der Waals surface area (Å²) in [5.41, 5.74) is 0.855. The molecule has 0 radical (unpaired) electrons. The summed E-state index contributed by atoms with van der Waals surface area (Å²) in [5, 5.41) is 0. The fourth-order valence-corrected chi connectivity index (χ4v) is 1.71. The van der Waals surface area contributed by atoms with Crippen molar-refractivity contribution in [1.82, 2.24) is 4.90 Å². The lowest BCUT2D eigenvalue weighted by molar-refractivity contribution is -0.131. The van der Waals surface area contributed by atoms with Crippen LogP contribution in [-0.2, 0) is 16.0 Å². The van der Waals surface area contributed by atoms with Gasteiger partial charge in [0.2, 0.25) is 5.91 Å². The lowest BCUT2D eigenvalue weighted by atomic mass is 10.1. The highest BCUT2D eigenvalue weighted by atomic mass is 19.1. The highest BCUT2D eigenvalue weighted by molar-refractivity contribution is 5.76. The van der Waals surface area contributed by atoms with Crippen molar-refractivity contribution < 1.29 is 13.9 Å². The molecule has 0 N–H and O–H groups in total. The van der Waals surface area contributed by atoms with Gasteiger partial charge < -0.3 is 9.64 Å². The average Bonchev–Trinajstić information content (AvgIpc) is 2.79. The number of amides is 1. The normalized spacial score (nSPS) is 15.4. The summed E-state index contributed by atoms with van der Waals surface area (Å²) in [6.45, 7) is 1.68. The van der Waals surface area contributed by atoms with Gasteiger partial charge in [0.25, 0.3) is 0 Å². The van der Waals surface area contributed by atoms with Gasteiger partial charge in [0.05, 0.1) is 6.61 Å². The SMILES string of the molecule is O=C(CCc1cccc(F)c1)N1CCOC1. The number of nitrogens with zero attached hydrogens (tertiary/aromatic N) is 1. The van der Waals surface area contributed by atoms with E-state index in [2.05, 4.69) is 0 Å². The number of ether oxygens (including phenoxy) is 1. The van der Waals surface area contributed by atoms with Crippen LogP contribution in [0.4, 0.5) is 4.39 Å². The predicted octanol–water partition coefficient (Wildman–Crippen LogP) is 1.57. The minimum Gasteiger partial charge on any atom is -0.359 e. The number of carbonyl (C=O) groups excluding carboxylic acids is 1. The molecule has 0 aliphatic carbocycles. The molecular weight excluding hydrogens is 209 g/mol. The van der Waals surface area contributed by atoms with E-state index in [-0.39, 0.29) is 11.7 Å². The molecule has 1 aromatic carbocycles. The maximum absolute atomic E-state index is 12.9. The number of hydrogen-bond donors (Lipinski definition) is 0. The van der Waals surface area contributed by atoms with Gasteiger partial charge in [0.15, 0.2) is 0 Å². The Hall–Kier alpha value is -1.42. The zero-order valence-corrected chi connectivity index (χ0v) is 8.99. The molecule has 1 heterocycles. The van der Waals surface area contributed by atoms with Gasteiger partial charge >= 0.3 is 0 Å². The van der Waals surface area contributed by atoms with Crippen molar-refractivity contribution in [2.45, 2.75) is 12.8 Å². The van der Waals surface area contributed by atoms with Crippen LogP contribution < -0.4 is 0 Å². The van der Waals surface area contributed by atoms with Gasteiger partial charge in [-0.15, -0.1) is 0 Å². The smallest absolute Gasteiger partial charge is 0.224 e. The summed E-state index contributed by atoms with van der Waals surface area (Å²) in [6, 6.07) is 6.36. The molecule has 1 amide bonds. The number of rotatable bonds is 3. The lowest BCUT2D eigenvalue weighted by Crippen LogP contribution is -2.28. The largest absolute Gasteiger partial charge is 0.359 e. The zero-order valence-electron chi connectivity index (χ0n) is 8.99. The fraction of sp³-hybridized carbons (Fsp3) is 0.417. The lowest BCUT2D eigenvalue weighted by Gasteiger charge is -2.12. The molecule has 16 heavy (non-hydrogen) atoms. The maximum atomic E-state index is 12.9. The highest BCUT2D eigenvalue weighted by Gasteiger charge is 2.17. The van der Waals surface area contributed by atoms with Crippen molar-refractivity contribution in [3.05, 3.63) is 35.6 Å². The van der Waals surface area contributed by atoms with Gasteiger partial charge in [0.1, 0.15) is 12.5 Å². The van der Waals surface area contributed by atoms with Crippen LogP contribution in [-0.4, -0.2) is 30.7 Å². The summed E-state index contributed by atoms with van der Waals surface area (Å²) in [5.74, 6) is -0.184. The fourth-order valence-electron chi connectivity index (χ4n) is 1.71. The Morgan fingerprint density at radius 3 is 3.06 bits per heavy atom. The van der Waals surface area contributed by atoms with E-state index in [9.17, 15) is 9.18 Å². The van der Waals surface area contributed by atoms with E-state index < -0.39 is 0 Å². The maximum Gasteiger partial charge on any atom is 0.224 e. The number of benzene rings is 1. The first-order chi connectivity index (χ1) is 7.75. The Morgan fingerprint density at radius 2 is 2.38 bits per heavy atom. The van der Waals surface area contributed by atoms with Crippen LogP contribution in [0.15, 0.2) is 24.3 Å². The van der Waals surface area contributed by atoms with Crippen LogP contribution in [0.2, 0.25) is 0 Å². The Labute approximate surface area is 93.8 Å². The molecule has 0 atom stereocenters. The van der Waals surface area contributed by atoms with Gasteiger partial charge in [-0.05, 0) is 24.1 Å². The summed E-state index contributed by atoms with van der Waals surface area (Å²) < 4.78 is 18.0. The minimum atomic E-state index is -0.255. The van der Waals surface area contributed by atoms with E-state index in [1.165, 1.54) is 12.1 Å². The van der Waals surface area contributed by atoms with Crippen molar-refractivity contribution in [3.8, 4) is 0 Å². The van der Waals surface area contributed by atoms with Gasteiger partial charge in [0, 0.05) is 13.0 Å². The Kier molecular flexibility index (Phi) is 3.51. The molecule has 1 saturated heterocycles. The number of carbonyl (C=O) groups is 1. The third-order valence-corrected chi connectivity index (χ3v) is 2.62. The van der Waals surface area contributed by atoms with E-state index in [4.69, 9.17) is 4.74 Å². The van der Waals surface area contributed by atoms with E-state index in [0.717, 1.165) is 5.56 Å². The molecule has 3 nitrogen and oxygen atoms in total. The van der Waals surface area contributed by atoms with E-state index >= 15 is 0 Å². The highest BCUT2D eigenvalue weighted by Crippen LogP contribution is 2.09. The molecule has 1 aliphatic rings. The average molecular weight is 223 g/mol. The number of halogens is 1. The van der Waals surface area contributed by atoms with Crippen LogP contribution in [0, 0.1) is 5.82 Å². The van der Waals surface area contributed by atoms with Gasteiger partial charge in [-0.1, -0.05) is 12.1 Å². The standard InChI is InChI=1S/C12H14FNO2/c13-11-3-1-2-10(8-11)4-5-12(15)14-6-7-16-9-14/h1-3,8H,4-7,9H2. The summed E-state index contributed by atoms with van der Waals surface area (Å²) in [6.07, 6.45) is 0.986. The van der Waals surface area contributed by atoms with Gasteiger partial charge in [-0.2, -0.15) is 0 Å². The minimum absolute atomic E-state index is 0.0711. The topological polar surface area (TPSA) is 29.5 Å². The summed E-state index contributed by atoms with van der Waals surface area (Å²) in [4.78, 5) is 13.3. The number of hydrogen-bond acceptors (Lipinski definition) is 2. The summed E-state index contributed by atoms with van der Waals surface area (Å²) in [7, 11) is 0. The molecule has 4 heteroatoms. The zero-order chi connectivity index (χ0) is 11.4.